The van der Waals surface area contributed by atoms with Crippen molar-refractivity contribution in [2.45, 2.75) is 31.3 Å². The number of anilines is 2. The van der Waals surface area contributed by atoms with Crippen LogP contribution >= 0.6 is 0 Å². The third-order valence-electron chi connectivity index (χ3n) is 4.96. The van der Waals surface area contributed by atoms with Gasteiger partial charge in [0, 0.05) is 30.9 Å². The largest absolute Gasteiger partial charge is 0.348 e. The molecule has 9 heteroatoms. The van der Waals surface area contributed by atoms with E-state index in [1.165, 1.54) is 23.5 Å². The number of nitrogens with one attached hydrogen (secondary N) is 3. The zero-order chi connectivity index (χ0) is 24.7. The van der Waals surface area contributed by atoms with E-state index < -0.39 is 15.9 Å². The first-order chi connectivity index (χ1) is 16.2. The molecule has 178 valence electrons. The van der Waals surface area contributed by atoms with E-state index >= 15 is 0 Å². The molecule has 0 heterocycles. The van der Waals surface area contributed by atoms with E-state index in [-0.39, 0.29) is 29.1 Å². The van der Waals surface area contributed by atoms with E-state index in [0.717, 1.165) is 5.56 Å². The normalized spacial score (nSPS) is 11.1. The average Bonchev–Trinajstić information content (AvgIpc) is 2.83. The van der Waals surface area contributed by atoms with Crippen molar-refractivity contribution < 1.29 is 18.0 Å². The fraction of sp³-hybridized carbons (Fsp3) is 0.200. The highest BCUT2D eigenvalue weighted by atomic mass is 32.2. The molecule has 0 saturated carbocycles. The Hall–Kier alpha value is -3.85. The molecule has 0 aliphatic carbocycles. The van der Waals surface area contributed by atoms with Gasteiger partial charge in [0.05, 0.1) is 10.6 Å². The van der Waals surface area contributed by atoms with Gasteiger partial charge < -0.3 is 16.0 Å². The lowest BCUT2D eigenvalue weighted by Gasteiger charge is -2.19. The first-order valence-corrected chi connectivity index (χ1v) is 12.2. The van der Waals surface area contributed by atoms with E-state index in [1.54, 1.807) is 60.7 Å². The average molecular weight is 481 g/mol. The highest BCUT2D eigenvalue weighted by Gasteiger charge is 2.22. The molecule has 0 unspecified atom stereocenters. The third-order valence-corrected chi connectivity index (χ3v) is 6.74. The molecule has 3 aromatic rings. The number of hydrogen-bond donors (Lipinski definition) is 3. The van der Waals surface area contributed by atoms with E-state index in [0.29, 0.717) is 11.4 Å². The predicted molar refractivity (Wildman–Crippen MR) is 133 cm³/mol. The first kappa shape index (κ1) is 24.8. The monoisotopic (exact) mass is 480 g/mol. The van der Waals surface area contributed by atoms with Gasteiger partial charge in [-0.3, -0.25) is 9.10 Å². The summed E-state index contributed by atoms with van der Waals surface area (Å²) in [6.45, 7) is 3.99. The second-order valence-electron chi connectivity index (χ2n) is 7.97. The predicted octanol–water partition coefficient (Wildman–Crippen LogP) is 3.97. The lowest BCUT2D eigenvalue weighted by Crippen LogP contribution is -2.34. The molecule has 0 saturated heterocycles. The number of benzene rings is 3. The summed E-state index contributed by atoms with van der Waals surface area (Å²) in [5.74, 6) is -0.391. The van der Waals surface area contributed by atoms with Crippen LogP contribution in [0.4, 0.5) is 16.2 Å². The van der Waals surface area contributed by atoms with Crippen LogP contribution in [0.5, 0.6) is 0 Å². The molecule has 0 spiro atoms. The van der Waals surface area contributed by atoms with Gasteiger partial charge in [-0.1, -0.05) is 36.4 Å². The van der Waals surface area contributed by atoms with Gasteiger partial charge in [-0.25, -0.2) is 13.2 Å². The van der Waals surface area contributed by atoms with Crippen molar-refractivity contribution >= 4 is 33.3 Å². The Balaban J connectivity index is 1.64. The minimum atomic E-state index is -3.82. The SMILES string of the molecule is CC(C)NC(=O)Nc1ccc(CNC(=O)c2cccc(S(=O)(=O)N(C)c3ccccc3)c2)cc1. The summed E-state index contributed by atoms with van der Waals surface area (Å²) in [6, 6.07) is 21.5. The zero-order valence-corrected chi connectivity index (χ0v) is 20.1. The molecule has 3 rings (SSSR count). The lowest BCUT2D eigenvalue weighted by atomic mass is 10.2. The maximum Gasteiger partial charge on any atom is 0.319 e. The van der Waals surface area contributed by atoms with Crippen LogP contribution in [0.15, 0.2) is 83.8 Å². The molecule has 3 N–H and O–H groups in total. The van der Waals surface area contributed by atoms with Gasteiger partial charge in [0.15, 0.2) is 0 Å². The van der Waals surface area contributed by atoms with Crippen LogP contribution in [-0.4, -0.2) is 33.4 Å². The molecule has 0 aromatic heterocycles. The number of nitrogens with zero attached hydrogens (tertiary/aromatic N) is 1. The molecule has 0 bridgehead atoms. The minimum Gasteiger partial charge on any atom is -0.348 e. The second-order valence-corrected chi connectivity index (χ2v) is 9.94. The Kier molecular flexibility index (Phi) is 7.91. The molecular weight excluding hydrogens is 452 g/mol. The summed E-state index contributed by atoms with van der Waals surface area (Å²) in [4.78, 5) is 24.5. The number of carbonyl (C=O) groups excluding carboxylic acids is 2. The van der Waals surface area contributed by atoms with Gasteiger partial charge in [0.1, 0.15) is 0 Å². The number of para-hydroxylation sites is 1. The van der Waals surface area contributed by atoms with Gasteiger partial charge in [0.2, 0.25) is 0 Å². The number of rotatable bonds is 8. The van der Waals surface area contributed by atoms with E-state index in [4.69, 9.17) is 0 Å². The topological polar surface area (TPSA) is 108 Å². The van der Waals surface area contributed by atoms with Gasteiger partial charge in [0.25, 0.3) is 15.9 Å². The summed E-state index contributed by atoms with van der Waals surface area (Å²) in [5, 5.41) is 8.27. The van der Waals surface area contributed by atoms with Crippen LogP contribution in [0.3, 0.4) is 0 Å². The van der Waals surface area contributed by atoms with Crippen molar-refractivity contribution in [2.75, 3.05) is 16.7 Å². The fourth-order valence-corrected chi connectivity index (χ4v) is 4.39. The molecular formula is C25H28N4O4S. The lowest BCUT2D eigenvalue weighted by molar-refractivity contribution is 0.0950. The number of hydrogen-bond acceptors (Lipinski definition) is 4. The standard InChI is InChI=1S/C25H28N4O4S/c1-18(2)27-25(31)28-21-14-12-19(13-15-21)17-26-24(30)20-8-7-11-23(16-20)34(32,33)29(3)22-9-5-4-6-10-22/h4-16,18H,17H2,1-3H3,(H,26,30)(H2,27,28,31). The van der Waals surface area contributed by atoms with Gasteiger partial charge in [-0.05, 0) is 61.9 Å². The van der Waals surface area contributed by atoms with Crippen LogP contribution in [-0.2, 0) is 16.6 Å². The van der Waals surface area contributed by atoms with Crippen LogP contribution in [0.2, 0.25) is 0 Å². The zero-order valence-electron chi connectivity index (χ0n) is 19.3. The molecule has 0 aliphatic heterocycles. The third kappa shape index (κ3) is 6.35. The highest BCUT2D eigenvalue weighted by molar-refractivity contribution is 7.92. The van der Waals surface area contributed by atoms with Crippen molar-refractivity contribution in [3.05, 3.63) is 90.0 Å². The molecule has 0 radical (unpaired) electrons. The summed E-state index contributed by atoms with van der Waals surface area (Å²) >= 11 is 0. The molecule has 34 heavy (non-hydrogen) atoms. The first-order valence-electron chi connectivity index (χ1n) is 10.8. The van der Waals surface area contributed by atoms with Crippen molar-refractivity contribution in [2.24, 2.45) is 0 Å². The van der Waals surface area contributed by atoms with E-state index in [9.17, 15) is 18.0 Å². The van der Waals surface area contributed by atoms with Crippen LogP contribution in [0.1, 0.15) is 29.8 Å². The Bertz CT molecular complexity index is 1240. The van der Waals surface area contributed by atoms with E-state index in [1.807, 2.05) is 19.9 Å². The van der Waals surface area contributed by atoms with Crippen LogP contribution < -0.4 is 20.3 Å². The maximum atomic E-state index is 13.0. The number of urea groups is 1. The van der Waals surface area contributed by atoms with Crippen molar-refractivity contribution in [3.63, 3.8) is 0 Å². The summed E-state index contributed by atoms with van der Waals surface area (Å²) in [7, 11) is -2.35. The number of sulfonamides is 1. The van der Waals surface area contributed by atoms with Crippen LogP contribution in [0, 0.1) is 0 Å². The van der Waals surface area contributed by atoms with Crippen molar-refractivity contribution in [3.8, 4) is 0 Å². The van der Waals surface area contributed by atoms with Crippen molar-refractivity contribution in [1.29, 1.82) is 0 Å². The number of amides is 3. The summed E-state index contributed by atoms with van der Waals surface area (Å²) < 4.78 is 27.2. The van der Waals surface area contributed by atoms with E-state index in [2.05, 4.69) is 16.0 Å². The molecule has 3 amide bonds. The number of carbonyl (C=O) groups is 2. The summed E-state index contributed by atoms with van der Waals surface area (Å²) in [5.41, 5.74) is 2.23. The molecule has 0 atom stereocenters. The van der Waals surface area contributed by atoms with Crippen LogP contribution in [0.25, 0.3) is 0 Å². The highest BCUT2D eigenvalue weighted by Crippen LogP contribution is 2.22. The van der Waals surface area contributed by atoms with Gasteiger partial charge in [-0.15, -0.1) is 0 Å². The maximum absolute atomic E-state index is 13.0. The quantitative estimate of drug-likeness (QED) is 0.453. The fourth-order valence-electron chi connectivity index (χ4n) is 3.15. The molecule has 8 nitrogen and oxygen atoms in total. The van der Waals surface area contributed by atoms with Gasteiger partial charge >= 0.3 is 6.03 Å². The Morgan fingerprint density at radius 1 is 0.912 bits per heavy atom. The Labute approximate surface area is 200 Å². The Morgan fingerprint density at radius 2 is 1.59 bits per heavy atom. The van der Waals surface area contributed by atoms with Crippen molar-refractivity contribution in [1.82, 2.24) is 10.6 Å². The summed E-state index contributed by atoms with van der Waals surface area (Å²) in [6.07, 6.45) is 0. The molecule has 3 aromatic carbocycles. The minimum absolute atomic E-state index is 0.0293. The smallest absolute Gasteiger partial charge is 0.319 e. The van der Waals surface area contributed by atoms with Gasteiger partial charge in [-0.2, -0.15) is 0 Å². The molecule has 0 fully saturated rings. The molecule has 0 aliphatic rings. The second kappa shape index (κ2) is 10.8. The Morgan fingerprint density at radius 3 is 2.24 bits per heavy atom.